The Morgan fingerprint density at radius 1 is 1.12 bits per heavy atom. The summed E-state index contributed by atoms with van der Waals surface area (Å²) in [6.07, 6.45) is 5.58. The minimum atomic E-state index is -0.414. The summed E-state index contributed by atoms with van der Waals surface area (Å²) in [6, 6.07) is 3.16. The lowest BCUT2D eigenvalue weighted by Crippen LogP contribution is -2.24. The molecule has 0 aromatic heterocycles. The summed E-state index contributed by atoms with van der Waals surface area (Å²) in [5.41, 5.74) is 6.36. The first-order valence-corrected chi connectivity index (χ1v) is 5.89. The molecule has 1 aliphatic carbocycles. The van der Waals surface area contributed by atoms with Gasteiger partial charge in [0.25, 0.3) is 0 Å². The van der Waals surface area contributed by atoms with E-state index < -0.39 is 5.82 Å². The van der Waals surface area contributed by atoms with Crippen molar-refractivity contribution in [3.05, 3.63) is 35.4 Å². The van der Waals surface area contributed by atoms with Crippen LogP contribution in [0.25, 0.3) is 0 Å². The molecule has 0 amide bonds. The second kappa shape index (κ2) is 4.91. The smallest absolute Gasteiger partial charge is 0.128 e. The fourth-order valence-electron chi connectivity index (χ4n) is 2.52. The maximum absolute atomic E-state index is 13.5. The van der Waals surface area contributed by atoms with Crippen LogP contribution in [-0.2, 0) is 0 Å². The van der Waals surface area contributed by atoms with Gasteiger partial charge in [0.2, 0.25) is 0 Å². The molecule has 0 saturated heterocycles. The topological polar surface area (TPSA) is 26.0 Å². The third-order valence-electron chi connectivity index (χ3n) is 3.47. The highest BCUT2D eigenvalue weighted by Gasteiger charge is 2.24. The molecule has 1 fully saturated rings. The van der Waals surface area contributed by atoms with Crippen molar-refractivity contribution < 1.29 is 8.78 Å². The van der Waals surface area contributed by atoms with Gasteiger partial charge in [0.15, 0.2) is 0 Å². The number of rotatable bonds is 2. The molecule has 0 unspecified atom stereocenters. The zero-order chi connectivity index (χ0) is 11.5. The molecule has 3 heteroatoms. The molecule has 88 valence electrons. The predicted octanol–water partition coefficient (Wildman–Crippen LogP) is 3.54. The summed E-state index contributed by atoms with van der Waals surface area (Å²) < 4.78 is 26.6. The Hall–Kier alpha value is -0.960. The van der Waals surface area contributed by atoms with Crippen LogP contribution in [0.5, 0.6) is 0 Å². The molecule has 16 heavy (non-hydrogen) atoms. The van der Waals surface area contributed by atoms with Crippen molar-refractivity contribution in [2.75, 3.05) is 0 Å². The van der Waals surface area contributed by atoms with E-state index in [0.29, 0.717) is 11.5 Å². The lowest BCUT2D eigenvalue weighted by atomic mass is 9.81. The number of benzene rings is 1. The Bertz CT molecular complexity index is 359. The minimum absolute atomic E-state index is 0.296. The van der Waals surface area contributed by atoms with E-state index in [1.807, 2.05) is 0 Å². The highest BCUT2D eigenvalue weighted by Crippen LogP contribution is 2.33. The van der Waals surface area contributed by atoms with E-state index in [4.69, 9.17) is 5.73 Å². The molecule has 1 nitrogen and oxygen atoms in total. The van der Waals surface area contributed by atoms with Crippen LogP contribution in [0.15, 0.2) is 18.2 Å². The number of hydrogen-bond donors (Lipinski definition) is 1. The van der Waals surface area contributed by atoms with Gasteiger partial charge in [-0.3, -0.25) is 0 Å². The van der Waals surface area contributed by atoms with Crippen molar-refractivity contribution in [1.29, 1.82) is 0 Å². The Morgan fingerprint density at radius 3 is 2.50 bits per heavy atom. The average Bonchev–Trinajstić information content (AvgIpc) is 2.32. The molecule has 0 radical (unpaired) electrons. The van der Waals surface area contributed by atoms with Crippen LogP contribution < -0.4 is 5.73 Å². The molecule has 0 bridgehead atoms. The van der Waals surface area contributed by atoms with Gasteiger partial charge < -0.3 is 5.73 Å². The zero-order valence-corrected chi connectivity index (χ0v) is 9.26. The van der Waals surface area contributed by atoms with E-state index in [-0.39, 0.29) is 11.9 Å². The highest BCUT2D eigenvalue weighted by molar-refractivity contribution is 5.22. The minimum Gasteiger partial charge on any atom is -0.324 e. The fourth-order valence-corrected chi connectivity index (χ4v) is 2.52. The molecule has 1 atom stereocenters. The van der Waals surface area contributed by atoms with E-state index >= 15 is 0 Å². The van der Waals surface area contributed by atoms with Gasteiger partial charge in [-0.15, -0.1) is 0 Å². The number of halogens is 2. The summed E-state index contributed by atoms with van der Waals surface area (Å²) in [5.74, 6) is -0.507. The summed E-state index contributed by atoms with van der Waals surface area (Å²) in [4.78, 5) is 0. The Morgan fingerprint density at radius 2 is 1.81 bits per heavy atom. The first-order valence-electron chi connectivity index (χ1n) is 5.89. The van der Waals surface area contributed by atoms with E-state index in [2.05, 4.69) is 0 Å². The summed E-state index contributed by atoms with van der Waals surface area (Å²) in [5, 5.41) is 0. The van der Waals surface area contributed by atoms with Crippen molar-refractivity contribution in [3.63, 3.8) is 0 Å². The predicted molar refractivity (Wildman–Crippen MR) is 59.9 cm³/mol. The van der Waals surface area contributed by atoms with Crippen molar-refractivity contribution in [2.24, 2.45) is 11.7 Å². The summed E-state index contributed by atoms with van der Waals surface area (Å²) in [6.45, 7) is 0. The van der Waals surface area contributed by atoms with Gasteiger partial charge in [-0.2, -0.15) is 0 Å². The van der Waals surface area contributed by atoms with Crippen LogP contribution >= 0.6 is 0 Å². The quantitative estimate of drug-likeness (QED) is 0.818. The van der Waals surface area contributed by atoms with Gasteiger partial charge in [0.05, 0.1) is 0 Å². The molecule has 0 spiro atoms. The van der Waals surface area contributed by atoms with Crippen molar-refractivity contribution in [3.8, 4) is 0 Å². The lowest BCUT2D eigenvalue weighted by Gasteiger charge is -2.27. The maximum Gasteiger partial charge on any atom is 0.128 e. The van der Waals surface area contributed by atoms with Gasteiger partial charge in [-0.05, 0) is 37.0 Å². The molecule has 1 aromatic rings. The molecule has 0 heterocycles. The molecular formula is C13H17F2N. The van der Waals surface area contributed by atoms with E-state index in [1.54, 1.807) is 0 Å². The highest BCUT2D eigenvalue weighted by atomic mass is 19.1. The normalized spacial score (nSPS) is 19.7. The van der Waals surface area contributed by atoms with Crippen LogP contribution in [0.2, 0.25) is 0 Å². The molecule has 2 rings (SSSR count). The molecule has 1 aliphatic rings. The second-order valence-electron chi connectivity index (χ2n) is 4.59. The zero-order valence-electron chi connectivity index (χ0n) is 9.26. The van der Waals surface area contributed by atoms with Gasteiger partial charge in [0.1, 0.15) is 11.6 Å². The van der Waals surface area contributed by atoms with Crippen LogP contribution in [0.3, 0.4) is 0 Å². The molecule has 1 saturated carbocycles. The first kappa shape index (κ1) is 11.5. The SMILES string of the molecule is N[C@@H](c1cc(F)ccc1F)C1CCCCC1. The summed E-state index contributed by atoms with van der Waals surface area (Å²) >= 11 is 0. The van der Waals surface area contributed by atoms with Crippen LogP contribution in [-0.4, -0.2) is 0 Å². The van der Waals surface area contributed by atoms with Gasteiger partial charge in [0, 0.05) is 11.6 Å². The van der Waals surface area contributed by atoms with Crippen molar-refractivity contribution in [2.45, 2.75) is 38.1 Å². The van der Waals surface area contributed by atoms with Crippen LogP contribution in [0, 0.1) is 17.6 Å². The van der Waals surface area contributed by atoms with Crippen LogP contribution in [0.1, 0.15) is 43.7 Å². The number of hydrogen-bond acceptors (Lipinski definition) is 1. The third-order valence-corrected chi connectivity index (χ3v) is 3.47. The Kier molecular flexibility index (Phi) is 3.54. The van der Waals surface area contributed by atoms with Crippen molar-refractivity contribution >= 4 is 0 Å². The third kappa shape index (κ3) is 2.40. The maximum atomic E-state index is 13.5. The number of nitrogens with two attached hydrogens (primary N) is 1. The van der Waals surface area contributed by atoms with Crippen molar-refractivity contribution in [1.82, 2.24) is 0 Å². The average molecular weight is 225 g/mol. The second-order valence-corrected chi connectivity index (χ2v) is 4.59. The van der Waals surface area contributed by atoms with E-state index in [9.17, 15) is 8.78 Å². The largest absolute Gasteiger partial charge is 0.324 e. The Balaban J connectivity index is 2.18. The van der Waals surface area contributed by atoms with E-state index in [1.165, 1.54) is 12.5 Å². The molecule has 2 N–H and O–H groups in total. The standard InChI is InChI=1S/C13H17F2N/c14-10-6-7-12(15)11(8-10)13(16)9-4-2-1-3-5-9/h6-9,13H,1-5,16H2/t13-/m1/s1. The molecular weight excluding hydrogens is 208 g/mol. The molecule has 0 aliphatic heterocycles. The monoisotopic (exact) mass is 225 g/mol. The first-order chi connectivity index (χ1) is 7.68. The molecule has 1 aromatic carbocycles. The van der Waals surface area contributed by atoms with Gasteiger partial charge in [-0.25, -0.2) is 8.78 Å². The summed E-state index contributed by atoms with van der Waals surface area (Å²) in [7, 11) is 0. The van der Waals surface area contributed by atoms with Crippen LogP contribution in [0.4, 0.5) is 8.78 Å². The van der Waals surface area contributed by atoms with E-state index in [0.717, 1.165) is 37.8 Å². The Labute approximate surface area is 94.7 Å². The van der Waals surface area contributed by atoms with Gasteiger partial charge >= 0.3 is 0 Å². The van der Waals surface area contributed by atoms with Gasteiger partial charge in [-0.1, -0.05) is 19.3 Å². The fraction of sp³-hybridized carbons (Fsp3) is 0.538. The lowest BCUT2D eigenvalue weighted by molar-refractivity contribution is 0.303.